The van der Waals surface area contributed by atoms with Gasteiger partial charge in [0.05, 0.1) is 0 Å². The van der Waals surface area contributed by atoms with Gasteiger partial charge in [0.25, 0.3) is 0 Å². The zero-order valence-corrected chi connectivity index (χ0v) is 11.6. The number of hydrogen-bond donors (Lipinski definition) is 1. The molecule has 19 heavy (non-hydrogen) atoms. The molecular weight excluding hydrogens is 275 g/mol. The van der Waals surface area contributed by atoms with Crippen molar-refractivity contribution in [3.05, 3.63) is 29.8 Å². The van der Waals surface area contributed by atoms with Crippen molar-refractivity contribution in [3.8, 4) is 0 Å². The maximum Gasteiger partial charge on any atom is 0.446 e. The van der Waals surface area contributed by atoms with Crippen LogP contribution in [0.5, 0.6) is 0 Å². The van der Waals surface area contributed by atoms with Crippen LogP contribution in [0.25, 0.3) is 0 Å². The maximum atomic E-state index is 12.1. The van der Waals surface area contributed by atoms with E-state index in [1.54, 1.807) is 19.2 Å². The molecule has 0 amide bonds. The molecular formula is C13H18F3NOS. The molecule has 0 aliphatic rings. The first kappa shape index (κ1) is 16.3. The summed E-state index contributed by atoms with van der Waals surface area (Å²) in [6.07, 6.45) is 2.03. The van der Waals surface area contributed by atoms with Crippen molar-refractivity contribution >= 4 is 11.8 Å². The van der Waals surface area contributed by atoms with Crippen LogP contribution in [0.1, 0.15) is 18.4 Å². The first-order valence-corrected chi connectivity index (χ1v) is 6.87. The summed E-state index contributed by atoms with van der Waals surface area (Å²) in [6.45, 7) is 2.30. The Labute approximate surface area is 115 Å². The first-order valence-electron chi connectivity index (χ1n) is 6.05. The third-order valence-corrected chi connectivity index (χ3v) is 3.18. The van der Waals surface area contributed by atoms with E-state index in [-0.39, 0.29) is 16.7 Å². The minimum Gasteiger partial charge on any atom is -0.385 e. The van der Waals surface area contributed by atoms with Gasteiger partial charge in [-0.05, 0) is 48.8 Å². The van der Waals surface area contributed by atoms with E-state index in [1.165, 1.54) is 12.1 Å². The number of alkyl halides is 3. The topological polar surface area (TPSA) is 21.3 Å². The van der Waals surface area contributed by atoms with Crippen molar-refractivity contribution in [2.45, 2.75) is 29.8 Å². The number of ether oxygens (including phenoxy) is 1. The van der Waals surface area contributed by atoms with Gasteiger partial charge in [0.2, 0.25) is 0 Å². The second kappa shape index (κ2) is 8.45. The highest BCUT2D eigenvalue weighted by Gasteiger charge is 2.28. The second-order valence-corrected chi connectivity index (χ2v) is 5.21. The summed E-state index contributed by atoms with van der Waals surface area (Å²) < 4.78 is 41.3. The van der Waals surface area contributed by atoms with Gasteiger partial charge >= 0.3 is 5.51 Å². The number of hydrogen-bond acceptors (Lipinski definition) is 3. The fourth-order valence-electron chi connectivity index (χ4n) is 1.54. The Kier molecular flexibility index (Phi) is 7.27. The molecule has 1 aromatic rings. The van der Waals surface area contributed by atoms with Gasteiger partial charge in [-0.3, -0.25) is 0 Å². The third-order valence-electron chi connectivity index (χ3n) is 2.44. The zero-order valence-electron chi connectivity index (χ0n) is 10.8. The molecule has 0 spiro atoms. The van der Waals surface area contributed by atoms with Gasteiger partial charge in [-0.1, -0.05) is 12.1 Å². The predicted molar refractivity (Wildman–Crippen MR) is 71.2 cm³/mol. The summed E-state index contributed by atoms with van der Waals surface area (Å²) in [5.41, 5.74) is -3.24. The number of unbranched alkanes of at least 4 members (excludes halogenated alkanes) is 1. The SMILES string of the molecule is COCCCCNCc1ccc(SC(F)(F)F)cc1. The van der Waals surface area contributed by atoms with Crippen molar-refractivity contribution in [3.63, 3.8) is 0 Å². The van der Waals surface area contributed by atoms with Crippen molar-refractivity contribution in [2.75, 3.05) is 20.3 Å². The van der Waals surface area contributed by atoms with E-state index in [0.717, 1.165) is 31.6 Å². The Morgan fingerprint density at radius 2 is 1.84 bits per heavy atom. The molecule has 108 valence electrons. The first-order chi connectivity index (χ1) is 9.01. The van der Waals surface area contributed by atoms with E-state index < -0.39 is 5.51 Å². The Morgan fingerprint density at radius 1 is 1.16 bits per heavy atom. The van der Waals surface area contributed by atoms with Crippen LogP contribution in [0.2, 0.25) is 0 Å². The number of methoxy groups -OCH3 is 1. The zero-order chi connectivity index (χ0) is 14.1. The van der Waals surface area contributed by atoms with Gasteiger partial charge in [0.15, 0.2) is 0 Å². The summed E-state index contributed by atoms with van der Waals surface area (Å²) >= 11 is -0.0874. The monoisotopic (exact) mass is 293 g/mol. The molecule has 0 heterocycles. The minimum atomic E-state index is -4.22. The third kappa shape index (κ3) is 8.13. The van der Waals surface area contributed by atoms with Crippen molar-refractivity contribution in [1.82, 2.24) is 5.32 Å². The summed E-state index contributed by atoms with van der Waals surface area (Å²) in [6, 6.07) is 6.44. The van der Waals surface area contributed by atoms with Gasteiger partial charge in [-0.25, -0.2) is 0 Å². The van der Waals surface area contributed by atoms with Gasteiger partial charge in [-0.15, -0.1) is 0 Å². The highest BCUT2D eigenvalue weighted by molar-refractivity contribution is 8.00. The molecule has 0 saturated carbocycles. The normalized spacial score (nSPS) is 11.8. The Morgan fingerprint density at radius 3 is 2.42 bits per heavy atom. The van der Waals surface area contributed by atoms with E-state index in [9.17, 15) is 13.2 Å². The molecule has 0 fully saturated rings. The highest BCUT2D eigenvalue weighted by atomic mass is 32.2. The lowest BCUT2D eigenvalue weighted by atomic mass is 10.2. The van der Waals surface area contributed by atoms with Crippen molar-refractivity contribution < 1.29 is 17.9 Å². The smallest absolute Gasteiger partial charge is 0.385 e. The van der Waals surface area contributed by atoms with Crippen LogP contribution in [0, 0.1) is 0 Å². The van der Waals surface area contributed by atoms with Crippen LogP contribution < -0.4 is 5.32 Å². The van der Waals surface area contributed by atoms with Crippen LogP contribution in [-0.2, 0) is 11.3 Å². The number of thioether (sulfide) groups is 1. The molecule has 0 unspecified atom stereocenters. The lowest BCUT2D eigenvalue weighted by Crippen LogP contribution is -2.15. The molecule has 0 aliphatic carbocycles. The summed E-state index contributed by atoms with van der Waals surface area (Å²) in [5.74, 6) is 0. The van der Waals surface area contributed by atoms with E-state index in [4.69, 9.17) is 4.74 Å². The van der Waals surface area contributed by atoms with Crippen LogP contribution in [0.15, 0.2) is 29.2 Å². The Hall–Kier alpha value is -0.720. The molecule has 6 heteroatoms. The van der Waals surface area contributed by atoms with Crippen LogP contribution in [0.4, 0.5) is 13.2 Å². The summed E-state index contributed by atoms with van der Waals surface area (Å²) in [5, 5.41) is 3.24. The maximum absolute atomic E-state index is 12.1. The van der Waals surface area contributed by atoms with E-state index >= 15 is 0 Å². The fourth-order valence-corrected chi connectivity index (χ4v) is 2.08. The number of halogens is 3. The average Bonchev–Trinajstić information content (AvgIpc) is 2.34. The van der Waals surface area contributed by atoms with Crippen LogP contribution in [0.3, 0.4) is 0 Å². The molecule has 1 N–H and O–H groups in total. The molecule has 1 rings (SSSR count). The van der Waals surface area contributed by atoms with Gasteiger partial charge in [-0.2, -0.15) is 13.2 Å². The quantitative estimate of drug-likeness (QED) is 0.581. The number of benzene rings is 1. The van der Waals surface area contributed by atoms with Crippen LogP contribution in [-0.4, -0.2) is 25.8 Å². The predicted octanol–water partition coefficient (Wildman–Crippen LogP) is 3.81. The van der Waals surface area contributed by atoms with Crippen molar-refractivity contribution in [1.29, 1.82) is 0 Å². The molecule has 0 bridgehead atoms. The van der Waals surface area contributed by atoms with E-state index in [0.29, 0.717) is 6.54 Å². The number of rotatable bonds is 8. The van der Waals surface area contributed by atoms with E-state index in [1.807, 2.05) is 0 Å². The van der Waals surface area contributed by atoms with Crippen molar-refractivity contribution in [2.24, 2.45) is 0 Å². The summed E-state index contributed by atoms with van der Waals surface area (Å²) in [7, 11) is 1.67. The highest BCUT2D eigenvalue weighted by Crippen LogP contribution is 2.36. The van der Waals surface area contributed by atoms with E-state index in [2.05, 4.69) is 5.32 Å². The second-order valence-electron chi connectivity index (χ2n) is 4.07. The molecule has 0 atom stereocenters. The Balaban J connectivity index is 2.25. The molecule has 1 aromatic carbocycles. The standard InChI is InChI=1S/C13H18F3NOS/c1-18-9-3-2-8-17-10-11-4-6-12(7-5-11)19-13(14,15)16/h4-7,17H,2-3,8-10H2,1H3. The van der Waals surface area contributed by atoms with Gasteiger partial charge < -0.3 is 10.1 Å². The molecule has 0 saturated heterocycles. The van der Waals surface area contributed by atoms with Gasteiger partial charge in [0, 0.05) is 25.2 Å². The minimum absolute atomic E-state index is 0.0874. The molecule has 2 nitrogen and oxygen atoms in total. The number of nitrogens with one attached hydrogen (secondary N) is 1. The largest absolute Gasteiger partial charge is 0.446 e. The lowest BCUT2D eigenvalue weighted by Gasteiger charge is -2.07. The average molecular weight is 293 g/mol. The molecule has 0 aromatic heterocycles. The molecule has 0 radical (unpaired) electrons. The lowest BCUT2D eigenvalue weighted by molar-refractivity contribution is -0.0328. The summed E-state index contributed by atoms with van der Waals surface area (Å²) in [4.78, 5) is 0.219. The van der Waals surface area contributed by atoms with Gasteiger partial charge in [0.1, 0.15) is 0 Å². The Bertz CT molecular complexity index is 354. The fraction of sp³-hybridized carbons (Fsp3) is 0.538. The molecule has 0 aliphatic heterocycles. The van der Waals surface area contributed by atoms with Crippen LogP contribution >= 0.6 is 11.8 Å².